The Morgan fingerprint density at radius 3 is 2.48 bits per heavy atom. The number of rotatable bonds is 6. The molecule has 2 atom stereocenters. The van der Waals surface area contributed by atoms with E-state index in [-0.39, 0.29) is 0 Å². The fraction of sp³-hybridized carbons (Fsp3) is 0.684. The summed E-state index contributed by atoms with van der Waals surface area (Å²) in [6, 6.07) is 9.63. The van der Waals surface area contributed by atoms with Gasteiger partial charge in [-0.1, -0.05) is 37.1 Å². The number of nitrogens with one attached hydrogen (secondary N) is 1. The molecule has 0 aromatic heterocycles. The minimum atomic E-state index is 0.747. The molecule has 0 heterocycles. The Hall–Kier alpha value is -0.860. The Labute approximate surface area is 129 Å². The largest absolute Gasteiger partial charge is 0.310 e. The average molecular weight is 286 g/mol. The predicted octanol–water partition coefficient (Wildman–Crippen LogP) is 3.81. The molecule has 2 saturated carbocycles. The van der Waals surface area contributed by atoms with Crippen molar-refractivity contribution in [2.75, 3.05) is 14.1 Å². The van der Waals surface area contributed by atoms with Gasteiger partial charge in [-0.05, 0) is 62.7 Å². The second kappa shape index (κ2) is 6.93. The van der Waals surface area contributed by atoms with E-state index in [0.717, 1.165) is 31.0 Å². The van der Waals surface area contributed by atoms with Gasteiger partial charge in [0.25, 0.3) is 0 Å². The van der Waals surface area contributed by atoms with Crippen LogP contribution in [-0.2, 0) is 13.1 Å². The smallest absolute Gasteiger partial charge is 0.0230 e. The normalized spacial score (nSPS) is 26.2. The molecular formula is C19H30N2. The van der Waals surface area contributed by atoms with E-state index in [2.05, 4.69) is 48.6 Å². The van der Waals surface area contributed by atoms with Gasteiger partial charge < -0.3 is 10.2 Å². The quantitative estimate of drug-likeness (QED) is 0.855. The van der Waals surface area contributed by atoms with Gasteiger partial charge in [-0.2, -0.15) is 0 Å². The molecule has 0 spiro atoms. The first-order chi connectivity index (χ1) is 10.2. The summed E-state index contributed by atoms with van der Waals surface area (Å²) in [4.78, 5) is 2.25. The molecule has 3 rings (SSSR count). The third kappa shape index (κ3) is 4.31. The van der Waals surface area contributed by atoms with E-state index in [1.54, 1.807) is 0 Å². The van der Waals surface area contributed by atoms with E-state index in [1.165, 1.54) is 49.7 Å². The molecule has 0 aliphatic heterocycles. The summed E-state index contributed by atoms with van der Waals surface area (Å²) in [6.45, 7) is 2.07. The minimum Gasteiger partial charge on any atom is -0.310 e. The summed E-state index contributed by atoms with van der Waals surface area (Å²) in [5.41, 5.74) is 2.93. The van der Waals surface area contributed by atoms with Crippen LogP contribution in [0, 0.1) is 11.8 Å². The van der Waals surface area contributed by atoms with Crippen molar-refractivity contribution in [1.29, 1.82) is 0 Å². The molecule has 2 fully saturated rings. The highest BCUT2D eigenvalue weighted by molar-refractivity contribution is 5.27. The first-order valence-corrected chi connectivity index (χ1v) is 8.67. The van der Waals surface area contributed by atoms with Gasteiger partial charge in [0.15, 0.2) is 0 Å². The lowest BCUT2D eigenvalue weighted by Gasteiger charge is -2.30. The lowest BCUT2D eigenvalue weighted by molar-refractivity contribution is 0.260. The fourth-order valence-electron chi connectivity index (χ4n) is 3.89. The average Bonchev–Trinajstić information content (AvgIpc) is 3.31. The SMILES string of the molecule is CN(C)Cc1ccccc1CNC1CCCC(C2CC2)C1. The topological polar surface area (TPSA) is 15.3 Å². The Kier molecular flexibility index (Phi) is 4.97. The fourth-order valence-corrected chi connectivity index (χ4v) is 3.89. The van der Waals surface area contributed by atoms with Gasteiger partial charge in [-0.25, -0.2) is 0 Å². The van der Waals surface area contributed by atoms with Crippen LogP contribution in [0.1, 0.15) is 49.7 Å². The number of benzene rings is 1. The van der Waals surface area contributed by atoms with E-state index >= 15 is 0 Å². The molecule has 0 radical (unpaired) electrons. The van der Waals surface area contributed by atoms with Crippen LogP contribution in [0.5, 0.6) is 0 Å². The summed E-state index contributed by atoms with van der Waals surface area (Å²) in [6.07, 6.45) is 8.71. The van der Waals surface area contributed by atoms with Crippen LogP contribution >= 0.6 is 0 Å². The van der Waals surface area contributed by atoms with Gasteiger partial charge in [0.1, 0.15) is 0 Å². The Balaban J connectivity index is 1.54. The summed E-state index contributed by atoms with van der Waals surface area (Å²) in [5.74, 6) is 2.10. The minimum absolute atomic E-state index is 0.747. The van der Waals surface area contributed by atoms with Crippen LogP contribution in [0.25, 0.3) is 0 Å². The number of hydrogen-bond donors (Lipinski definition) is 1. The standard InChI is InChI=1S/C19H30N2/c1-21(2)14-18-7-4-3-6-17(18)13-20-19-9-5-8-16(12-19)15-10-11-15/h3-4,6-7,15-16,19-20H,5,8-14H2,1-2H3. The molecule has 21 heavy (non-hydrogen) atoms. The van der Waals surface area contributed by atoms with Crippen LogP contribution in [0.2, 0.25) is 0 Å². The summed E-state index contributed by atoms with van der Waals surface area (Å²) in [7, 11) is 4.29. The summed E-state index contributed by atoms with van der Waals surface area (Å²) < 4.78 is 0. The van der Waals surface area contributed by atoms with Crippen LogP contribution in [0.15, 0.2) is 24.3 Å². The van der Waals surface area contributed by atoms with Crippen molar-refractivity contribution in [3.8, 4) is 0 Å². The zero-order valence-corrected chi connectivity index (χ0v) is 13.6. The lowest BCUT2D eigenvalue weighted by Crippen LogP contribution is -2.34. The first-order valence-electron chi connectivity index (χ1n) is 8.67. The molecule has 0 amide bonds. The summed E-state index contributed by atoms with van der Waals surface area (Å²) >= 11 is 0. The van der Waals surface area contributed by atoms with Gasteiger partial charge in [0, 0.05) is 19.1 Å². The predicted molar refractivity (Wildman–Crippen MR) is 89.1 cm³/mol. The van der Waals surface area contributed by atoms with Crippen molar-refractivity contribution in [3.05, 3.63) is 35.4 Å². The van der Waals surface area contributed by atoms with Crippen molar-refractivity contribution in [3.63, 3.8) is 0 Å². The maximum Gasteiger partial charge on any atom is 0.0230 e. The molecule has 2 unspecified atom stereocenters. The molecule has 2 aliphatic carbocycles. The van der Waals surface area contributed by atoms with E-state index in [9.17, 15) is 0 Å². The maximum atomic E-state index is 3.85. The van der Waals surface area contributed by atoms with Crippen molar-refractivity contribution in [2.24, 2.45) is 11.8 Å². The third-order valence-electron chi connectivity index (χ3n) is 5.19. The molecular weight excluding hydrogens is 256 g/mol. The van der Waals surface area contributed by atoms with Crippen molar-refractivity contribution in [2.45, 2.75) is 57.7 Å². The highest BCUT2D eigenvalue weighted by atomic mass is 15.0. The maximum absolute atomic E-state index is 3.85. The summed E-state index contributed by atoms with van der Waals surface area (Å²) in [5, 5.41) is 3.85. The van der Waals surface area contributed by atoms with Gasteiger partial charge >= 0.3 is 0 Å². The van der Waals surface area contributed by atoms with Crippen LogP contribution in [0.3, 0.4) is 0 Å². The van der Waals surface area contributed by atoms with Crippen LogP contribution < -0.4 is 5.32 Å². The number of hydrogen-bond acceptors (Lipinski definition) is 2. The van der Waals surface area contributed by atoms with Gasteiger partial charge in [-0.15, -0.1) is 0 Å². The molecule has 2 aliphatic rings. The molecule has 1 aromatic rings. The Morgan fingerprint density at radius 1 is 1.00 bits per heavy atom. The van der Waals surface area contributed by atoms with E-state index in [1.807, 2.05) is 0 Å². The molecule has 1 N–H and O–H groups in total. The zero-order chi connectivity index (χ0) is 14.7. The van der Waals surface area contributed by atoms with Crippen molar-refractivity contribution < 1.29 is 0 Å². The van der Waals surface area contributed by atoms with Crippen LogP contribution in [-0.4, -0.2) is 25.0 Å². The monoisotopic (exact) mass is 286 g/mol. The Bertz CT molecular complexity index is 451. The van der Waals surface area contributed by atoms with E-state index in [0.29, 0.717) is 0 Å². The first kappa shape index (κ1) is 15.1. The van der Waals surface area contributed by atoms with Crippen molar-refractivity contribution >= 4 is 0 Å². The zero-order valence-electron chi connectivity index (χ0n) is 13.6. The molecule has 2 heteroatoms. The van der Waals surface area contributed by atoms with Gasteiger partial charge in [-0.3, -0.25) is 0 Å². The second-order valence-electron chi connectivity index (χ2n) is 7.35. The number of nitrogens with zero attached hydrogens (tertiary/aromatic N) is 1. The molecule has 116 valence electrons. The molecule has 1 aromatic carbocycles. The second-order valence-corrected chi connectivity index (χ2v) is 7.35. The van der Waals surface area contributed by atoms with Crippen LogP contribution in [0.4, 0.5) is 0 Å². The molecule has 2 nitrogen and oxygen atoms in total. The Morgan fingerprint density at radius 2 is 1.76 bits per heavy atom. The van der Waals surface area contributed by atoms with E-state index in [4.69, 9.17) is 0 Å². The van der Waals surface area contributed by atoms with Gasteiger partial charge in [0.05, 0.1) is 0 Å². The van der Waals surface area contributed by atoms with Gasteiger partial charge in [0.2, 0.25) is 0 Å². The molecule has 0 bridgehead atoms. The third-order valence-corrected chi connectivity index (χ3v) is 5.19. The van der Waals surface area contributed by atoms with Crippen molar-refractivity contribution in [1.82, 2.24) is 10.2 Å². The lowest BCUT2D eigenvalue weighted by atomic mass is 9.82. The highest BCUT2D eigenvalue weighted by Gasteiger charge is 2.34. The molecule has 0 saturated heterocycles. The van der Waals surface area contributed by atoms with E-state index < -0.39 is 0 Å². The highest BCUT2D eigenvalue weighted by Crippen LogP contribution is 2.43.